The third kappa shape index (κ3) is 5.58. The van der Waals surface area contributed by atoms with Gasteiger partial charge in [0.25, 0.3) is 0 Å². The lowest BCUT2D eigenvalue weighted by Gasteiger charge is -2.08. The number of benzene rings is 6. The molecule has 0 N–H and O–H groups in total. The molecule has 0 heteroatoms. The van der Waals surface area contributed by atoms with Gasteiger partial charge < -0.3 is 0 Å². The molecule has 6 aromatic carbocycles. The van der Waals surface area contributed by atoms with E-state index in [1.165, 1.54) is 66.1 Å². The maximum atomic E-state index is 2.25. The molecule has 6 rings (SSSR count). The summed E-state index contributed by atoms with van der Waals surface area (Å²) in [6.07, 6.45) is 13.3. The number of rotatable bonds is 6. The van der Waals surface area contributed by atoms with Crippen LogP contribution in [0.4, 0.5) is 0 Å². The Kier molecular flexibility index (Phi) is 7.24. The van der Waals surface area contributed by atoms with E-state index in [0.717, 1.165) is 0 Å². The molecular formula is C40H32. The predicted molar refractivity (Wildman–Crippen MR) is 177 cm³/mol. The summed E-state index contributed by atoms with van der Waals surface area (Å²) in [4.78, 5) is 0. The second kappa shape index (κ2) is 11.4. The van der Waals surface area contributed by atoms with Crippen LogP contribution in [-0.2, 0) is 0 Å². The van der Waals surface area contributed by atoms with Crippen molar-refractivity contribution in [2.75, 3.05) is 0 Å². The molecule has 0 heterocycles. The monoisotopic (exact) mass is 512 g/mol. The topological polar surface area (TPSA) is 0 Å². The average molecular weight is 513 g/mol. The summed E-state index contributed by atoms with van der Waals surface area (Å²) in [7, 11) is 0. The fraction of sp³-hybridized carbons (Fsp3) is 0.0500. The highest BCUT2D eigenvalue weighted by Crippen LogP contribution is 2.28. The van der Waals surface area contributed by atoms with Crippen LogP contribution in [0.15, 0.2) is 121 Å². The van der Waals surface area contributed by atoms with E-state index in [-0.39, 0.29) is 0 Å². The molecule has 0 atom stereocenters. The van der Waals surface area contributed by atoms with Crippen LogP contribution < -0.4 is 0 Å². The van der Waals surface area contributed by atoms with E-state index in [1.54, 1.807) is 0 Å². The van der Waals surface area contributed by atoms with Crippen LogP contribution in [-0.4, -0.2) is 0 Å². The van der Waals surface area contributed by atoms with Gasteiger partial charge in [0.1, 0.15) is 0 Å². The normalized spacial score (nSPS) is 11.9. The van der Waals surface area contributed by atoms with Crippen molar-refractivity contribution in [1.29, 1.82) is 0 Å². The first-order valence-electron chi connectivity index (χ1n) is 13.9. The summed E-state index contributed by atoms with van der Waals surface area (Å²) in [5.74, 6) is 0. The van der Waals surface area contributed by atoms with Gasteiger partial charge in [0.05, 0.1) is 0 Å². The molecule has 0 aromatic heterocycles. The van der Waals surface area contributed by atoms with Crippen LogP contribution in [0.2, 0.25) is 0 Å². The van der Waals surface area contributed by atoms with Gasteiger partial charge in [0.2, 0.25) is 0 Å². The number of fused-ring (bicyclic) bond motifs is 2. The zero-order valence-electron chi connectivity index (χ0n) is 23.0. The maximum absolute atomic E-state index is 2.25. The smallest absolute Gasteiger partial charge is 0.0105 e. The second-order valence-electron chi connectivity index (χ2n) is 10.4. The summed E-state index contributed by atoms with van der Waals surface area (Å²) in [5, 5.41) is 5.03. The van der Waals surface area contributed by atoms with Crippen molar-refractivity contribution in [3.63, 3.8) is 0 Å². The van der Waals surface area contributed by atoms with Crippen molar-refractivity contribution in [2.45, 2.75) is 13.8 Å². The molecule has 0 unspecified atom stereocenters. The number of hydrogen-bond acceptors (Lipinski definition) is 0. The molecule has 0 spiro atoms. The van der Waals surface area contributed by atoms with Gasteiger partial charge >= 0.3 is 0 Å². The Hall–Kier alpha value is -4.94. The van der Waals surface area contributed by atoms with Gasteiger partial charge in [-0.1, -0.05) is 169 Å². The SMILES string of the molecule is Cc1ccc(C=Cc2cccc3c(C=Cc4cccc5c(C=Cc6ccc(C)cc6)cccc45)cccc23)cc1. The zero-order valence-corrected chi connectivity index (χ0v) is 23.0. The predicted octanol–water partition coefficient (Wildman–Crippen LogP) is 11.1. The highest BCUT2D eigenvalue weighted by Gasteiger charge is 2.04. The highest BCUT2D eigenvalue weighted by molar-refractivity contribution is 6.02. The zero-order chi connectivity index (χ0) is 27.3. The van der Waals surface area contributed by atoms with E-state index in [4.69, 9.17) is 0 Å². The van der Waals surface area contributed by atoms with Crippen LogP contribution in [0.3, 0.4) is 0 Å². The van der Waals surface area contributed by atoms with E-state index < -0.39 is 0 Å². The Bertz CT molecular complexity index is 1740. The third-order valence-corrected chi connectivity index (χ3v) is 7.49. The van der Waals surface area contributed by atoms with Crippen LogP contribution in [0.1, 0.15) is 44.5 Å². The van der Waals surface area contributed by atoms with Crippen molar-refractivity contribution >= 4 is 58.0 Å². The summed E-state index contributed by atoms with van der Waals surface area (Å²) in [6.45, 7) is 4.24. The fourth-order valence-corrected chi connectivity index (χ4v) is 5.21. The standard InChI is InChI=1S/C40H32/c1-29-15-19-31(20-16-29)23-25-33-7-3-13-39-35(9-5-11-37(33)39)27-28-36-10-6-12-38-34(8-4-14-40(36)38)26-24-32-21-17-30(2)18-22-32/h3-28H,1-2H3. The van der Waals surface area contributed by atoms with Gasteiger partial charge in [-0.25, -0.2) is 0 Å². The quantitative estimate of drug-likeness (QED) is 0.195. The Morgan fingerprint density at radius 1 is 0.300 bits per heavy atom. The van der Waals surface area contributed by atoms with Crippen LogP contribution in [0.5, 0.6) is 0 Å². The molecule has 192 valence electrons. The van der Waals surface area contributed by atoms with Gasteiger partial charge in [-0.05, 0) is 68.8 Å². The molecule has 40 heavy (non-hydrogen) atoms. The average Bonchev–Trinajstić information content (AvgIpc) is 2.99. The van der Waals surface area contributed by atoms with Crippen molar-refractivity contribution in [1.82, 2.24) is 0 Å². The third-order valence-electron chi connectivity index (χ3n) is 7.49. The van der Waals surface area contributed by atoms with E-state index in [9.17, 15) is 0 Å². The summed E-state index contributed by atoms with van der Waals surface area (Å²) >= 11 is 0. The molecule has 0 bridgehead atoms. The molecule has 0 nitrogen and oxygen atoms in total. The highest BCUT2D eigenvalue weighted by atomic mass is 14.1. The summed E-state index contributed by atoms with van der Waals surface area (Å²) in [5.41, 5.74) is 9.86. The minimum absolute atomic E-state index is 1.21. The van der Waals surface area contributed by atoms with Crippen molar-refractivity contribution < 1.29 is 0 Å². The van der Waals surface area contributed by atoms with Crippen molar-refractivity contribution in [3.8, 4) is 0 Å². The van der Waals surface area contributed by atoms with E-state index in [0.29, 0.717) is 0 Å². The molecule has 0 aliphatic rings. The Labute approximate surface area is 237 Å². The fourth-order valence-electron chi connectivity index (χ4n) is 5.21. The lowest BCUT2D eigenvalue weighted by atomic mass is 9.96. The van der Waals surface area contributed by atoms with Gasteiger partial charge in [0.15, 0.2) is 0 Å². The van der Waals surface area contributed by atoms with Crippen molar-refractivity contribution in [3.05, 3.63) is 166 Å². The molecule has 0 amide bonds. The lowest BCUT2D eigenvalue weighted by Crippen LogP contribution is -1.84. The summed E-state index contributed by atoms with van der Waals surface area (Å²) in [6, 6.07) is 43.5. The molecule has 6 aromatic rings. The van der Waals surface area contributed by atoms with Gasteiger partial charge in [0, 0.05) is 0 Å². The van der Waals surface area contributed by atoms with Gasteiger partial charge in [-0.3, -0.25) is 0 Å². The minimum atomic E-state index is 1.21. The molecule has 0 radical (unpaired) electrons. The molecule has 0 saturated carbocycles. The van der Waals surface area contributed by atoms with E-state index in [1.807, 2.05) is 0 Å². The van der Waals surface area contributed by atoms with Crippen LogP contribution in [0, 0.1) is 13.8 Å². The maximum Gasteiger partial charge on any atom is -0.0105 e. The van der Waals surface area contributed by atoms with Gasteiger partial charge in [-0.15, -0.1) is 0 Å². The van der Waals surface area contributed by atoms with E-state index in [2.05, 4.69) is 172 Å². The Balaban J connectivity index is 1.32. The first kappa shape index (κ1) is 25.3. The first-order chi connectivity index (χ1) is 19.6. The Morgan fingerprint density at radius 2 is 0.575 bits per heavy atom. The molecule has 0 fully saturated rings. The molecular weight excluding hydrogens is 480 g/mol. The summed E-state index contributed by atoms with van der Waals surface area (Å²) < 4.78 is 0. The second-order valence-corrected chi connectivity index (χ2v) is 10.4. The molecule has 0 aliphatic carbocycles. The first-order valence-corrected chi connectivity index (χ1v) is 13.9. The lowest BCUT2D eigenvalue weighted by molar-refractivity contribution is 1.46. The van der Waals surface area contributed by atoms with Crippen LogP contribution in [0.25, 0.3) is 58.0 Å². The number of hydrogen-bond donors (Lipinski definition) is 0. The van der Waals surface area contributed by atoms with E-state index >= 15 is 0 Å². The van der Waals surface area contributed by atoms with Crippen LogP contribution >= 0.6 is 0 Å². The Morgan fingerprint density at radius 3 is 0.875 bits per heavy atom. The molecule has 0 aliphatic heterocycles. The number of aryl methyl sites for hydroxylation is 2. The van der Waals surface area contributed by atoms with Crippen molar-refractivity contribution in [2.24, 2.45) is 0 Å². The minimum Gasteiger partial charge on any atom is -0.0610 e. The molecule has 0 saturated heterocycles. The van der Waals surface area contributed by atoms with Gasteiger partial charge in [-0.2, -0.15) is 0 Å². The largest absolute Gasteiger partial charge is 0.0610 e.